The minimum absolute atomic E-state index is 0.0366. The van der Waals surface area contributed by atoms with Gasteiger partial charge in [0, 0.05) is 30.1 Å². The van der Waals surface area contributed by atoms with Crippen molar-refractivity contribution in [3.05, 3.63) is 101 Å². The van der Waals surface area contributed by atoms with Gasteiger partial charge in [-0.25, -0.2) is 4.39 Å². The number of carbonyl (C=O) groups excluding carboxylic acids is 2. The van der Waals surface area contributed by atoms with Crippen molar-refractivity contribution in [2.45, 2.75) is 46.0 Å². The van der Waals surface area contributed by atoms with E-state index in [9.17, 15) is 14.0 Å². The maximum absolute atomic E-state index is 14.9. The number of aromatic nitrogens is 1. The highest BCUT2D eigenvalue weighted by atomic mass is 19.1. The number of pyridine rings is 1. The number of hydrogen-bond acceptors (Lipinski definition) is 3. The van der Waals surface area contributed by atoms with Gasteiger partial charge in [0.05, 0.1) is 11.1 Å². The molecule has 4 nitrogen and oxygen atoms in total. The molecule has 0 saturated carbocycles. The molecule has 0 aliphatic heterocycles. The number of fused-ring (bicyclic) bond motifs is 1. The minimum Gasteiger partial charge on any atom is -0.352 e. The Balaban J connectivity index is 1.75. The van der Waals surface area contributed by atoms with Crippen LogP contribution in [-0.2, 0) is 6.42 Å². The number of hydrogen-bond donors (Lipinski definition) is 1. The molecule has 5 heteroatoms. The van der Waals surface area contributed by atoms with E-state index in [-0.39, 0.29) is 11.3 Å². The second kappa shape index (κ2) is 11.7. The summed E-state index contributed by atoms with van der Waals surface area (Å²) in [5.74, 6) is -0.886. The average molecular weight is 483 g/mol. The summed E-state index contributed by atoms with van der Waals surface area (Å²) in [6, 6.07) is 20.5. The second-order valence-corrected chi connectivity index (χ2v) is 9.02. The van der Waals surface area contributed by atoms with Crippen molar-refractivity contribution < 1.29 is 14.0 Å². The summed E-state index contributed by atoms with van der Waals surface area (Å²) in [4.78, 5) is 29.9. The van der Waals surface area contributed by atoms with Crippen molar-refractivity contribution in [1.29, 1.82) is 0 Å². The SMILES string of the molecule is CCCCNC(=O)c1ccc(-c2ccc3ncc(C(=O)CCC)c(Cc4ccccc4)c3c2)cc1F. The number of carbonyl (C=O) groups is 2. The predicted octanol–water partition coefficient (Wildman–Crippen LogP) is 7.14. The van der Waals surface area contributed by atoms with Gasteiger partial charge in [0.15, 0.2) is 5.78 Å². The predicted molar refractivity (Wildman–Crippen MR) is 143 cm³/mol. The van der Waals surface area contributed by atoms with E-state index < -0.39 is 11.7 Å². The topological polar surface area (TPSA) is 59.1 Å². The van der Waals surface area contributed by atoms with E-state index in [1.165, 1.54) is 12.1 Å². The quantitative estimate of drug-likeness (QED) is 0.193. The summed E-state index contributed by atoms with van der Waals surface area (Å²) in [7, 11) is 0. The van der Waals surface area contributed by atoms with E-state index in [0.717, 1.165) is 46.9 Å². The second-order valence-electron chi connectivity index (χ2n) is 9.02. The van der Waals surface area contributed by atoms with E-state index in [0.29, 0.717) is 30.5 Å². The average Bonchev–Trinajstić information content (AvgIpc) is 2.89. The molecule has 36 heavy (non-hydrogen) atoms. The molecule has 0 aliphatic rings. The van der Waals surface area contributed by atoms with E-state index in [2.05, 4.69) is 10.3 Å². The molecule has 3 aromatic carbocycles. The van der Waals surface area contributed by atoms with Gasteiger partial charge in [-0.05, 0) is 65.8 Å². The summed E-state index contributed by atoms with van der Waals surface area (Å²) in [5.41, 5.74) is 4.95. The van der Waals surface area contributed by atoms with Crippen LogP contribution in [-0.4, -0.2) is 23.2 Å². The highest BCUT2D eigenvalue weighted by molar-refractivity contribution is 6.02. The van der Waals surface area contributed by atoms with Gasteiger partial charge in [-0.3, -0.25) is 14.6 Å². The Labute approximate surface area is 211 Å². The molecule has 1 N–H and O–H groups in total. The third kappa shape index (κ3) is 5.68. The lowest BCUT2D eigenvalue weighted by Gasteiger charge is -2.14. The normalized spacial score (nSPS) is 11.0. The number of unbranched alkanes of at least 4 members (excludes halogenated alkanes) is 1. The fourth-order valence-corrected chi connectivity index (χ4v) is 4.37. The molecule has 0 radical (unpaired) electrons. The van der Waals surface area contributed by atoms with Crippen LogP contribution in [0.5, 0.6) is 0 Å². The van der Waals surface area contributed by atoms with E-state index in [4.69, 9.17) is 0 Å². The molecule has 4 rings (SSSR count). The minimum atomic E-state index is -0.559. The highest BCUT2D eigenvalue weighted by Gasteiger charge is 2.17. The van der Waals surface area contributed by atoms with Gasteiger partial charge in [-0.2, -0.15) is 0 Å². The Morgan fingerprint density at radius 2 is 1.64 bits per heavy atom. The smallest absolute Gasteiger partial charge is 0.254 e. The van der Waals surface area contributed by atoms with Crippen LogP contribution >= 0.6 is 0 Å². The molecule has 0 saturated heterocycles. The summed E-state index contributed by atoms with van der Waals surface area (Å²) < 4.78 is 14.9. The first kappa shape index (κ1) is 25.2. The van der Waals surface area contributed by atoms with Crippen molar-refractivity contribution in [2.75, 3.05) is 6.54 Å². The maximum atomic E-state index is 14.9. The van der Waals surface area contributed by atoms with Gasteiger partial charge in [-0.15, -0.1) is 0 Å². The molecule has 1 amide bonds. The van der Waals surface area contributed by atoms with Crippen LogP contribution in [0.15, 0.2) is 72.9 Å². The van der Waals surface area contributed by atoms with Gasteiger partial charge in [0.25, 0.3) is 5.91 Å². The number of amides is 1. The molecule has 0 spiro atoms. The molecule has 1 heterocycles. The monoisotopic (exact) mass is 482 g/mol. The molecular formula is C31H31FN2O2. The Hall–Kier alpha value is -3.86. The lowest BCUT2D eigenvalue weighted by molar-refractivity contribution is 0.0947. The van der Waals surface area contributed by atoms with Crippen molar-refractivity contribution in [1.82, 2.24) is 10.3 Å². The van der Waals surface area contributed by atoms with E-state index in [1.54, 1.807) is 12.3 Å². The Kier molecular flexibility index (Phi) is 8.21. The number of halogens is 1. The molecule has 184 valence electrons. The third-order valence-corrected chi connectivity index (χ3v) is 6.34. The van der Waals surface area contributed by atoms with Crippen LogP contribution in [0.25, 0.3) is 22.0 Å². The first-order valence-electron chi connectivity index (χ1n) is 12.6. The molecule has 0 aliphatic carbocycles. The Bertz CT molecular complexity index is 1380. The third-order valence-electron chi connectivity index (χ3n) is 6.34. The van der Waals surface area contributed by atoms with Crippen molar-refractivity contribution >= 4 is 22.6 Å². The fourth-order valence-electron chi connectivity index (χ4n) is 4.37. The largest absolute Gasteiger partial charge is 0.352 e. The molecular weight excluding hydrogens is 451 g/mol. The van der Waals surface area contributed by atoms with Gasteiger partial charge >= 0.3 is 0 Å². The first-order valence-corrected chi connectivity index (χ1v) is 12.6. The molecule has 0 unspecified atom stereocenters. The number of Topliss-reactive ketones (excluding diaryl/α,β-unsaturated/α-hetero) is 1. The number of rotatable bonds is 10. The van der Waals surface area contributed by atoms with Crippen molar-refractivity contribution in [2.24, 2.45) is 0 Å². The van der Waals surface area contributed by atoms with Gasteiger partial charge in [-0.1, -0.05) is 62.7 Å². The number of nitrogens with one attached hydrogen (secondary N) is 1. The summed E-state index contributed by atoms with van der Waals surface area (Å²) in [5, 5.41) is 3.64. The van der Waals surface area contributed by atoms with Gasteiger partial charge in [0.1, 0.15) is 5.82 Å². The van der Waals surface area contributed by atoms with Crippen LogP contribution < -0.4 is 5.32 Å². The number of ketones is 1. The zero-order chi connectivity index (χ0) is 25.5. The van der Waals surface area contributed by atoms with E-state index >= 15 is 0 Å². The zero-order valence-corrected chi connectivity index (χ0v) is 20.8. The number of benzene rings is 3. The first-order chi connectivity index (χ1) is 17.5. The van der Waals surface area contributed by atoms with Gasteiger partial charge in [0.2, 0.25) is 0 Å². The molecule has 0 fully saturated rings. The standard InChI is InChI=1S/C31H31FN2O2/c1-3-5-16-33-31(36)24-14-12-23(19-28(24)32)22-13-15-29-26(18-22)25(17-21-10-7-6-8-11-21)27(20-34-29)30(35)9-4-2/h6-8,10-15,18-20H,3-5,9,16-17H2,1-2H3,(H,33,36). The van der Waals surface area contributed by atoms with Crippen LogP contribution in [0.4, 0.5) is 4.39 Å². The van der Waals surface area contributed by atoms with Crippen LogP contribution in [0.3, 0.4) is 0 Å². The molecule has 4 aromatic rings. The summed E-state index contributed by atoms with van der Waals surface area (Å²) in [6.07, 6.45) is 5.31. The summed E-state index contributed by atoms with van der Waals surface area (Å²) >= 11 is 0. The molecule has 1 aromatic heterocycles. The van der Waals surface area contributed by atoms with Crippen LogP contribution in [0.2, 0.25) is 0 Å². The Morgan fingerprint density at radius 1 is 0.889 bits per heavy atom. The molecule has 0 bridgehead atoms. The fraction of sp³-hybridized carbons (Fsp3) is 0.258. The van der Waals surface area contributed by atoms with E-state index in [1.807, 2.05) is 62.4 Å². The highest BCUT2D eigenvalue weighted by Crippen LogP contribution is 2.30. The maximum Gasteiger partial charge on any atom is 0.254 e. The van der Waals surface area contributed by atoms with Crippen molar-refractivity contribution in [3.8, 4) is 11.1 Å². The Morgan fingerprint density at radius 3 is 2.36 bits per heavy atom. The lowest BCUT2D eigenvalue weighted by atomic mass is 9.92. The zero-order valence-electron chi connectivity index (χ0n) is 20.8. The molecule has 0 atom stereocenters. The van der Waals surface area contributed by atoms with Crippen molar-refractivity contribution in [3.63, 3.8) is 0 Å². The summed E-state index contributed by atoms with van der Waals surface area (Å²) in [6.45, 7) is 4.55. The van der Waals surface area contributed by atoms with Crippen LogP contribution in [0, 0.1) is 5.82 Å². The van der Waals surface area contributed by atoms with Crippen LogP contribution in [0.1, 0.15) is 71.4 Å². The lowest BCUT2D eigenvalue weighted by Crippen LogP contribution is -2.25. The number of nitrogens with zero attached hydrogens (tertiary/aromatic N) is 1. The van der Waals surface area contributed by atoms with Gasteiger partial charge < -0.3 is 5.32 Å².